The van der Waals surface area contributed by atoms with Gasteiger partial charge in [0, 0.05) is 34.3 Å². The molecule has 0 saturated heterocycles. The molecule has 0 aromatic heterocycles. The summed E-state index contributed by atoms with van der Waals surface area (Å²) in [6.45, 7) is 1.29. The first-order chi connectivity index (χ1) is 21.0. The van der Waals surface area contributed by atoms with Crippen molar-refractivity contribution < 1.29 is 31.9 Å². The van der Waals surface area contributed by atoms with Gasteiger partial charge in [0.25, 0.3) is 10.0 Å². The molecule has 1 aliphatic carbocycles. The second-order valence-corrected chi connectivity index (χ2v) is 13.4. The lowest BCUT2D eigenvalue weighted by Gasteiger charge is -2.33. The van der Waals surface area contributed by atoms with E-state index in [9.17, 15) is 22.4 Å². The average Bonchev–Trinajstić information content (AvgIpc) is 3.52. The number of hydrogen-bond acceptors (Lipinski definition) is 6. The summed E-state index contributed by atoms with van der Waals surface area (Å²) < 4.78 is 54.1. The van der Waals surface area contributed by atoms with Crippen LogP contribution in [0, 0.1) is 5.82 Å². The number of hydrogen-bond donors (Lipinski definition) is 1. The molecule has 1 atom stereocenters. The predicted octanol–water partition coefficient (Wildman–Crippen LogP) is 5.58. The van der Waals surface area contributed by atoms with Gasteiger partial charge < -0.3 is 19.7 Å². The fourth-order valence-electron chi connectivity index (χ4n) is 5.28. The first-order valence-electron chi connectivity index (χ1n) is 14.3. The van der Waals surface area contributed by atoms with E-state index in [-0.39, 0.29) is 51.5 Å². The fraction of sp³-hybridized carbons (Fsp3) is 0.355. The van der Waals surface area contributed by atoms with Crippen LogP contribution in [0.2, 0.25) is 10.0 Å². The number of ether oxygens (including phenoxy) is 2. The van der Waals surface area contributed by atoms with Crippen molar-refractivity contribution in [1.29, 1.82) is 0 Å². The number of fused-ring (bicyclic) bond motifs is 1. The Labute approximate surface area is 265 Å². The molecule has 0 spiro atoms. The van der Waals surface area contributed by atoms with Crippen molar-refractivity contribution >= 4 is 50.7 Å². The molecule has 0 bridgehead atoms. The second kappa shape index (κ2) is 13.6. The van der Waals surface area contributed by atoms with Gasteiger partial charge in [0.2, 0.25) is 11.8 Å². The Balaban J connectivity index is 1.50. The fourth-order valence-corrected chi connectivity index (χ4v) is 7.22. The van der Waals surface area contributed by atoms with E-state index >= 15 is 0 Å². The number of amides is 2. The van der Waals surface area contributed by atoms with Crippen LogP contribution in [-0.4, -0.2) is 57.0 Å². The maximum absolute atomic E-state index is 14.1. The lowest BCUT2D eigenvalue weighted by atomic mass is 10.1. The first kappa shape index (κ1) is 31.9. The molecule has 1 fully saturated rings. The normalized spacial score (nSPS) is 15.5. The summed E-state index contributed by atoms with van der Waals surface area (Å²) in [7, 11) is -4.41. The molecule has 0 unspecified atom stereocenters. The number of carbonyl (C=O) groups is 2. The second-order valence-electron chi connectivity index (χ2n) is 10.7. The van der Waals surface area contributed by atoms with Crippen LogP contribution in [0.5, 0.6) is 11.5 Å². The third-order valence-electron chi connectivity index (χ3n) is 7.75. The van der Waals surface area contributed by atoms with E-state index in [0.29, 0.717) is 17.9 Å². The molecule has 44 heavy (non-hydrogen) atoms. The van der Waals surface area contributed by atoms with Gasteiger partial charge in [-0.15, -0.1) is 0 Å². The molecular weight excluding hydrogens is 632 g/mol. The van der Waals surface area contributed by atoms with Crippen molar-refractivity contribution in [2.24, 2.45) is 0 Å². The van der Waals surface area contributed by atoms with Crippen LogP contribution in [0.1, 0.15) is 38.2 Å². The standard InChI is InChI=1S/C31H32Cl2FN3O6S/c1-20(31(39)35-22-5-2-3-6-22)36(18-25-26(32)7-4-8-27(25)33)30(38)19-37(23-11-9-21(34)10-12-23)44(40,41)24-13-14-28-29(17-24)43-16-15-42-28/h4,7-14,17,20,22H,2-3,5-6,15-16,18-19H2,1H3,(H,35,39)/t20-/m0/s1. The van der Waals surface area contributed by atoms with Gasteiger partial charge in [-0.1, -0.05) is 42.1 Å². The Kier molecular flexibility index (Phi) is 9.87. The molecule has 3 aromatic carbocycles. The summed E-state index contributed by atoms with van der Waals surface area (Å²) in [5.74, 6) is -1.01. The summed E-state index contributed by atoms with van der Waals surface area (Å²) in [5.41, 5.74) is 0.459. The number of benzene rings is 3. The number of nitrogens with zero attached hydrogens (tertiary/aromatic N) is 2. The van der Waals surface area contributed by atoms with Crippen LogP contribution in [0.25, 0.3) is 0 Å². The van der Waals surface area contributed by atoms with Gasteiger partial charge in [-0.2, -0.15) is 0 Å². The van der Waals surface area contributed by atoms with E-state index in [1.165, 1.54) is 35.2 Å². The van der Waals surface area contributed by atoms with Crippen LogP contribution in [0.3, 0.4) is 0 Å². The Morgan fingerprint density at radius 2 is 1.61 bits per heavy atom. The number of halogens is 3. The maximum atomic E-state index is 14.1. The highest BCUT2D eigenvalue weighted by molar-refractivity contribution is 7.92. The van der Waals surface area contributed by atoms with Crippen molar-refractivity contribution in [3.63, 3.8) is 0 Å². The van der Waals surface area contributed by atoms with E-state index in [4.69, 9.17) is 32.7 Å². The zero-order chi connectivity index (χ0) is 31.4. The minimum Gasteiger partial charge on any atom is -0.486 e. The summed E-state index contributed by atoms with van der Waals surface area (Å²) in [5, 5.41) is 3.59. The van der Waals surface area contributed by atoms with Crippen molar-refractivity contribution in [3.05, 3.63) is 82.1 Å². The van der Waals surface area contributed by atoms with Gasteiger partial charge in [-0.05, 0) is 68.3 Å². The highest BCUT2D eigenvalue weighted by Crippen LogP contribution is 2.35. The van der Waals surface area contributed by atoms with Crippen molar-refractivity contribution in [3.8, 4) is 11.5 Å². The van der Waals surface area contributed by atoms with E-state index in [0.717, 1.165) is 42.1 Å². The van der Waals surface area contributed by atoms with E-state index in [2.05, 4.69) is 5.32 Å². The lowest BCUT2D eigenvalue weighted by Crippen LogP contribution is -2.52. The van der Waals surface area contributed by atoms with Gasteiger partial charge in [0.1, 0.15) is 31.6 Å². The molecule has 0 radical (unpaired) electrons. The van der Waals surface area contributed by atoms with Gasteiger partial charge in [0.15, 0.2) is 11.5 Å². The largest absolute Gasteiger partial charge is 0.486 e. The molecule has 234 valence electrons. The third-order valence-corrected chi connectivity index (χ3v) is 10.2. The van der Waals surface area contributed by atoms with Crippen LogP contribution >= 0.6 is 23.2 Å². The molecule has 1 saturated carbocycles. The number of anilines is 1. The van der Waals surface area contributed by atoms with Crippen LogP contribution in [0.15, 0.2) is 65.6 Å². The molecule has 3 aromatic rings. The topological polar surface area (TPSA) is 105 Å². The third kappa shape index (κ3) is 7.06. The number of nitrogens with one attached hydrogen (secondary N) is 1. The van der Waals surface area contributed by atoms with E-state index in [1.807, 2.05) is 0 Å². The van der Waals surface area contributed by atoms with E-state index in [1.54, 1.807) is 25.1 Å². The summed E-state index contributed by atoms with van der Waals surface area (Å²) >= 11 is 12.9. The molecule has 9 nitrogen and oxygen atoms in total. The first-order valence-corrected chi connectivity index (χ1v) is 16.4. The Hall–Kier alpha value is -3.54. The lowest BCUT2D eigenvalue weighted by molar-refractivity contribution is -0.139. The summed E-state index contributed by atoms with van der Waals surface area (Å²) in [4.78, 5) is 28.6. The Morgan fingerprint density at radius 3 is 2.27 bits per heavy atom. The molecule has 2 amide bonds. The SMILES string of the molecule is C[C@@H](C(=O)NC1CCCC1)N(Cc1c(Cl)cccc1Cl)C(=O)CN(c1ccc(F)cc1)S(=O)(=O)c1ccc2c(c1)OCCO2. The quantitative estimate of drug-likeness (QED) is 0.304. The molecule has 2 aliphatic rings. The molecule has 1 aliphatic heterocycles. The zero-order valence-electron chi connectivity index (χ0n) is 24.0. The predicted molar refractivity (Wildman–Crippen MR) is 165 cm³/mol. The van der Waals surface area contributed by atoms with Crippen LogP contribution in [0.4, 0.5) is 10.1 Å². The van der Waals surface area contributed by atoms with Crippen molar-refractivity contribution in [2.45, 2.75) is 56.1 Å². The highest BCUT2D eigenvalue weighted by Gasteiger charge is 2.34. The minimum absolute atomic E-state index is 0.00268. The van der Waals surface area contributed by atoms with Crippen molar-refractivity contribution in [2.75, 3.05) is 24.1 Å². The van der Waals surface area contributed by atoms with Gasteiger partial charge in [0.05, 0.1) is 10.6 Å². The van der Waals surface area contributed by atoms with Gasteiger partial charge >= 0.3 is 0 Å². The molecular formula is C31H32Cl2FN3O6S. The number of sulfonamides is 1. The monoisotopic (exact) mass is 663 g/mol. The van der Waals surface area contributed by atoms with Crippen molar-refractivity contribution in [1.82, 2.24) is 10.2 Å². The number of carbonyl (C=O) groups excluding carboxylic acids is 2. The number of rotatable bonds is 10. The molecule has 1 heterocycles. The molecule has 13 heteroatoms. The summed E-state index contributed by atoms with van der Waals surface area (Å²) in [6.07, 6.45) is 3.69. The van der Waals surface area contributed by atoms with Gasteiger partial charge in [-0.25, -0.2) is 12.8 Å². The maximum Gasteiger partial charge on any atom is 0.264 e. The average molecular weight is 665 g/mol. The Morgan fingerprint density at radius 1 is 0.977 bits per heavy atom. The summed E-state index contributed by atoms with van der Waals surface area (Å²) in [6, 6.07) is 12.8. The zero-order valence-corrected chi connectivity index (χ0v) is 26.3. The van der Waals surface area contributed by atoms with Crippen LogP contribution < -0.4 is 19.1 Å². The molecule has 1 N–H and O–H groups in total. The minimum atomic E-state index is -4.41. The molecule has 5 rings (SSSR count). The highest BCUT2D eigenvalue weighted by atomic mass is 35.5. The van der Waals surface area contributed by atoms with E-state index < -0.39 is 34.3 Å². The van der Waals surface area contributed by atoms with Gasteiger partial charge in [-0.3, -0.25) is 13.9 Å². The van der Waals surface area contributed by atoms with Crippen LogP contribution in [-0.2, 0) is 26.2 Å². The smallest absolute Gasteiger partial charge is 0.264 e. The Bertz CT molecular complexity index is 1610.